The summed E-state index contributed by atoms with van der Waals surface area (Å²) < 4.78 is 5.82. The number of rotatable bonds is 4. The molecule has 0 atom stereocenters. The topological polar surface area (TPSA) is 75.3 Å². The van der Waals surface area contributed by atoms with Crippen LogP contribution in [0.3, 0.4) is 0 Å². The molecule has 1 saturated carbocycles. The molecule has 5 rings (SSSR count). The molecular formula is C21H24N4O2S. The van der Waals surface area contributed by atoms with Gasteiger partial charge in [0.15, 0.2) is 11.6 Å². The van der Waals surface area contributed by atoms with E-state index in [1.165, 1.54) is 12.8 Å². The highest BCUT2D eigenvalue weighted by Crippen LogP contribution is 2.39. The van der Waals surface area contributed by atoms with Gasteiger partial charge in [0.05, 0.1) is 6.61 Å². The van der Waals surface area contributed by atoms with Crippen LogP contribution in [0, 0.1) is 0 Å². The number of aliphatic hydroxyl groups is 1. The van der Waals surface area contributed by atoms with Crippen LogP contribution < -0.4 is 4.90 Å². The number of hydrogen-bond acceptors (Lipinski definition) is 7. The molecule has 3 heterocycles. The number of thioether (sulfide) groups is 1. The lowest BCUT2D eigenvalue weighted by atomic mass is 10.0. The predicted octanol–water partition coefficient (Wildman–Crippen LogP) is 3.99. The lowest BCUT2D eigenvalue weighted by molar-refractivity contribution is 0.282. The highest BCUT2D eigenvalue weighted by molar-refractivity contribution is 7.99. The standard InChI is InChI=1S/C21H24N4O2S/c26-13-14-4-3-7-16(12-14)20-22-18-17(15-5-1-2-6-15)24-27-19(18)21(23-20)25-8-10-28-11-9-25/h3-4,7,12,15,26H,1-2,5-6,8-11,13H2. The minimum absolute atomic E-state index is 0.00682. The van der Waals surface area contributed by atoms with Gasteiger partial charge in [0, 0.05) is 36.1 Å². The Hall–Kier alpha value is -2.12. The molecule has 7 heteroatoms. The molecule has 0 unspecified atom stereocenters. The van der Waals surface area contributed by atoms with Gasteiger partial charge in [0.1, 0.15) is 11.2 Å². The second kappa shape index (κ2) is 7.72. The summed E-state index contributed by atoms with van der Waals surface area (Å²) in [5, 5.41) is 14.0. The van der Waals surface area contributed by atoms with E-state index in [0.717, 1.165) is 71.2 Å². The first-order valence-corrected chi connectivity index (χ1v) is 11.2. The third-order valence-corrected chi connectivity index (χ3v) is 6.69. The van der Waals surface area contributed by atoms with Crippen LogP contribution in [0.4, 0.5) is 5.82 Å². The van der Waals surface area contributed by atoms with E-state index >= 15 is 0 Å². The summed E-state index contributed by atoms with van der Waals surface area (Å²) in [5.74, 6) is 4.14. The van der Waals surface area contributed by atoms with Gasteiger partial charge in [-0.05, 0) is 24.5 Å². The molecule has 1 aliphatic heterocycles. The third-order valence-electron chi connectivity index (χ3n) is 5.75. The fourth-order valence-corrected chi connectivity index (χ4v) is 5.13. The molecule has 0 bridgehead atoms. The van der Waals surface area contributed by atoms with Gasteiger partial charge in [-0.25, -0.2) is 9.97 Å². The van der Waals surface area contributed by atoms with Gasteiger partial charge in [-0.3, -0.25) is 0 Å². The van der Waals surface area contributed by atoms with Gasteiger partial charge >= 0.3 is 0 Å². The molecule has 2 fully saturated rings. The maximum atomic E-state index is 9.52. The zero-order chi connectivity index (χ0) is 18.9. The van der Waals surface area contributed by atoms with Crippen molar-refractivity contribution in [2.75, 3.05) is 29.5 Å². The maximum Gasteiger partial charge on any atom is 0.227 e. The molecule has 1 N–H and O–H groups in total. The number of hydrogen-bond donors (Lipinski definition) is 1. The molecule has 6 nitrogen and oxygen atoms in total. The fraction of sp³-hybridized carbons (Fsp3) is 0.476. The normalized spacial score (nSPS) is 18.2. The molecule has 2 aliphatic rings. The molecule has 2 aromatic heterocycles. The molecule has 3 aromatic rings. The van der Waals surface area contributed by atoms with Crippen molar-refractivity contribution in [2.24, 2.45) is 0 Å². The molecule has 0 spiro atoms. The molecule has 146 valence electrons. The van der Waals surface area contributed by atoms with Crippen LogP contribution in [0.2, 0.25) is 0 Å². The van der Waals surface area contributed by atoms with Crippen molar-refractivity contribution >= 4 is 28.7 Å². The Labute approximate surface area is 168 Å². The summed E-state index contributed by atoms with van der Waals surface area (Å²) >= 11 is 1.97. The minimum Gasteiger partial charge on any atom is -0.392 e. The fourth-order valence-electron chi connectivity index (χ4n) is 4.23. The SMILES string of the molecule is OCc1cccc(-c2nc(N3CCSCC3)c3onc(C4CCCC4)c3n2)c1. The first-order chi connectivity index (χ1) is 13.8. The lowest BCUT2D eigenvalue weighted by Gasteiger charge is -2.27. The van der Waals surface area contributed by atoms with E-state index in [2.05, 4.69) is 10.1 Å². The average molecular weight is 397 g/mol. The second-order valence-corrected chi connectivity index (χ2v) is 8.78. The summed E-state index contributed by atoms with van der Waals surface area (Å²) in [6.07, 6.45) is 4.78. The van der Waals surface area contributed by atoms with Crippen LogP contribution in [-0.4, -0.2) is 44.8 Å². The number of anilines is 1. The first-order valence-electron chi connectivity index (χ1n) is 10.0. The Morgan fingerprint density at radius 3 is 2.75 bits per heavy atom. The van der Waals surface area contributed by atoms with E-state index in [4.69, 9.17) is 14.5 Å². The van der Waals surface area contributed by atoms with Gasteiger partial charge in [-0.2, -0.15) is 11.8 Å². The van der Waals surface area contributed by atoms with Crippen LogP contribution in [0.15, 0.2) is 28.8 Å². The van der Waals surface area contributed by atoms with Gasteiger partial charge in [-0.1, -0.05) is 36.2 Å². The Kier molecular flexibility index (Phi) is 4.94. The van der Waals surface area contributed by atoms with E-state index in [-0.39, 0.29) is 6.61 Å². The van der Waals surface area contributed by atoms with Gasteiger partial charge < -0.3 is 14.5 Å². The Morgan fingerprint density at radius 2 is 1.96 bits per heavy atom. The van der Waals surface area contributed by atoms with E-state index < -0.39 is 0 Å². The van der Waals surface area contributed by atoms with Crippen LogP contribution >= 0.6 is 11.8 Å². The van der Waals surface area contributed by atoms with E-state index in [1.807, 2.05) is 36.0 Å². The van der Waals surface area contributed by atoms with E-state index in [9.17, 15) is 5.11 Å². The number of aliphatic hydroxyl groups excluding tert-OH is 1. The maximum absolute atomic E-state index is 9.52. The summed E-state index contributed by atoms with van der Waals surface area (Å²) in [4.78, 5) is 12.1. The number of fused-ring (bicyclic) bond motifs is 1. The second-order valence-electron chi connectivity index (χ2n) is 7.56. The van der Waals surface area contributed by atoms with Crippen molar-refractivity contribution in [1.29, 1.82) is 0 Å². The average Bonchev–Trinajstić information content (AvgIpc) is 3.43. The van der Waals surface area contributed by atoms with Crippen molar-refractivity contribution < 1.29 is 9.63 Å². The van der Waals surface area contributed by atoms with Crippen molar-refractivity contribution in [3.05, 3.63) is 35.5 Å². The van der Waals surface area contributed by atoms with E-state index in [1.54, 1.807) is 0 Å². The highest BCUT2D eigenvalue weighted by Gasteiger charge is 2.28. The molecular weight excluding hydrogens is 372 g/mol. The van der Waals surface area contributed by atoms with Crippen molar-refractivity contribution in [1.82, 2.24) is 15.1 Å². The van der Waals surface area contributed by atoms with Gasteiger partial charge in [0.2, 0.25) is 5.58 Å². The van der Waals surface area contributed by atoms with Crippen molar-refractivity contribution in [3.8, 4) is 11.4 Å². The van der Waals surface area contributed by atoms with Crippen molar-refractivity contribution in [3.63, 3.8) is 0 Å². The molecule has 1 aromatic carbocycles. The monoisotopic (exact) mass is 396 g/mol. The first kappa shape index (κ1) is 17.9. The predicted molar refractivity (Wildman–Crippen MR) is 112 cm³/mol. The lowest BCUT2D eigenvalue weighted by Crippen LogP contribution is -2.33. The smallest absolute Gasteiger partial charge is 0.227 e. The van der Waals surface area contributed by atoms with Gasteiger partial charge in [-0.15, -0.1) is 0 Å². The van der Waals surface area contributed by atoms with Crippen LogP contribution in [0.1, 0.15) is 42.9 Å². The molecule has 0 radical (unpaired) electrons. The number of aromatic nitrogens is 3. The molecule has 28 heavy (non-hydrogen) atoms. The molecule has 0 amide bonds. The molecule has 1 aliphatic carbocycles. The third kappa shape index (κ3) is 3.26. The summed E-state index contributed by atoms with van der Waals surface area (Å²) in [6.45, 7) is 1.91. The zero-order valence-corrected chi connectivity index (χ0v) is 16.6. The Bertz CT molecular complexity index is 978. The molecule has 1 saturated heterocycles. The van der Waals surface area contributed by atoms with Crippen LogP contribution in [0.5, 0.6) is 0 Å². The zero-order valence-electron chi connectivity index (χ0n) is 15.8. The largest absolute Gasteiger partial charge is 0.392 e. The Balaban J connectivity index is 1.67. The quantitative estimate of drug-likeness (QED) is 0.715. The Morgan fingerprint density at radius 1 is 1.14 bits per heavy atom. The summed E-state index contributed by atoms with van der Waals surface area (Å²) in [5.41, 5.74) is 4.34. The minimum atomic E-state index is 0.00682. The highest BCUT2D eigenvalue weighted by atomic mass is 32.2. The summed E-state index contributed by atoms with van der Waals surface area (Å²) in [6, 6.07) is 7.81. The van der Waals surface area contributed by atoms with Crippen LogP contribution in [-0.2, 0) is 6.61 Å². The van der Waals surface area contributed by atoms with Crippen LogP contribution in [0.25, 0.3) is 22.5 Å². The summed E-state index contributed by atoms with van der Waals surface area (Å²) in [7, 11) is 0. The van der Waals surface area contributed by atoms with Gasteiger partial charge in [0.25, 0.3) is 0 Å². The van der Waals surface area contributed by atoms with E-state index in [0.29, 0.717) is 11.7 Å². The van der Waals surface area contributed by atoms with Crippen molar-refractivity contribution in [2.45, 2.75) is 38.2 Å². The number of benzene rings is 1. The number of nitrogens with zero attached hydrogens (tertiary/aromatic N) is 4.